The van der Waals surface area contributed by atoms with Crippen LogP contribution in [0.2, 0.25) is 0 Å². The van der Waals surface area contributed by atoms with Gasteiger partial charge in [-0.05, 0) is 32.9 Å². The van der Waals surface area contributed by atoms with Crippen molar-refractivity contribution in [2.45, 2.75) is 34.6 Å². The second-order valence-electron chi connectivity index (χ2n) is 7.03. The van der Waals surface area contributed by atoms with Gasteiger partial charge in [0.05, 0.1) is 22.3 Å². The molecule has 148 valence electrons. The SMILES string of the molecule is Cc1cc(-c2cc(C(=O)NCCNC(=O)C(C)C)c3c(C)noc3n2)c(C)o1. The van der Waals surface area contributed by atoms with Gasteiger partial charge in [-0.2, -0.15) is 0 Å². The average molecular weight is 384 g/mol. The number of aryl methyl sites for hydroxylation is 3. The Morgan fingerprint density at radius 2 is 1.82 bits per heavy atom. The molecule has 0 radical (unpaired) electrons. The second-order valence-corrected chi connectivity index (χ2v) is 7.03. The van der Waals surface area contributed by atoms with Crippen LogP contribution in [0.5, 0.6) is 0 Å². The van der Waals surface area contributed by atoms with E-state index in [2.05, 4.69) is 20.8 Å². The second kappa shape index (κ2) is 7.84. The fraction of sp³-hybridized carbons (Fsp3) is 0.400. The Morgan fingerprint density at radius 1 is 1.11 bits per heavy atom. The first-order valence-electron chi connectivity index (χ1n) is 9.18. The minimum Gasteiger partial charge on any atom is -0.466 e. The maximum atomic E-state index is 12.8. The minimum absolute atomic E-state index is 0.0523. The maximum absolute atomic E-state index is 12.8. The molecular weight excluding hydrogens is 360 g/mol. The molecule has 0 aliphatic carbocycles. The lowest BCUT2D eigenvalue weighted by atomic mass is 10.1. The van der Waals surface area contributed by atoms with E-state index in [-0.39, 0.29) is 17.7 Å². The Labute approximate surface area is 162 Å². The van der Waals surface area contributed by atoms with Gasteiger partial charge in [-0.1, -0.05) is 19.0 Å². The van der Waals surface area contributed by atoms with E-state index in [1.165, 1.54) is 0 Å². The monoisotopic (exact) mass is 384 g/mol. The van der Waals surface area contributed by atoms with Gasteiger partial charge in [0.1, 0.15) is 11.5 Å². The number of rotatable bonds is 6. The zero-order valence-corrected chi connectivity index (χ0v) is 16.7. The van der Waals surface area contributed by atoms with Gasteiger partial charge in [-0.25, -0.2) is 4.98 Å². The lowest BCUT2D eigenvalue weighted by Gasteiger charge is -2.10. The number of amides is 2. The average Bonchev–Trinajstić information content (AvgIpc) is 3.19. The lowest BCUT2D eigenvalue weighted by Crippen LogP contribution is -2.36. The third-order valence-electron chi connectivity index (χ3n) is 4.41. The predicted octanol–water partition coefficient (Wildman–Crippen LogP) is 2.91. The van der Waals surface area contributed by atoms with Crippen molar-refractivity contribution < 1.29 is 18.5 Å². The van der Waals surface area contributed by atoms with Gasteiger partial charge in [0.25, 0.3) is 11.6 Å². The van der Waals surface area contributed by atoms with E-state index < -0.39 is 0 Å². The number of carbonyl (C=O) groups is 2. The zero-order chi connectivity index (χ0) is 20.4. The molecule has 3 heterocycles. The summed E-state index contributed by atoms with van der Waals surface area (Å²) >= 11 is 0. The molecule has 2 amide bonds. The number of aromatic nitrogens is 2. The molecule has 0 bridgehead atoms. The number of nitrogens with one attached hydrogen (secondary N) is 2. The highest BCUT2D eigenvalue weighted by Crippen LogP contribution is 2.30. The fourth-order valence-corrected chi connectivity index (χ4v) is 2.96. The Balaban J connectivity index is 1.86. The third-order valence-corrected chi connectivity index (χ3v) is 4.41. The summed E-state index contributed by atoms with van der Waals surface area (Å²) in [7, 11) is 0. The summed E-state index contributed by atoms with van der Waals surface area (Å²) in [6, 6.07) is 3.59. The van der Waals surface area contributed by atoms with Crippen LogP contribution in [-0.2, 0) is 4.79 Å². The predicted molar refractivity (Wildman–Crippen MR) is 104 cm³/mol. The molecule has 0 saturated carbocycles. The summed E-state index contributed by atoms with van der Waals surface area (Å²) in [6.07, 6.45) is 0. The van der Waals surface area contributed by atoms with Gasteiger partial charge < -0.3 is 19.6 Å². The number of furan rings is 1. The van der Waals surface area contributed by atoms with Gasteiger partial charge in [-0.3, -0.25) is 9.59 Å². The van der Waals surface area contributed by atoms with E-state index in [1.807, 2.05) is 33.8 Å². The number of nitrogens with zero attached hydrogens (tertiary/aromatic N) is 2. The normalized spacial score (nSPS) is 11.2. The van der Waals surface area contributed by atoms with E-state index in [0.717, 1.165) is 11.3 Å². The van der Waals surface area contributed by atoms with Gasteiger partial charge in [-0.15, -0.1) is 0 Å². The van der Waals surface area contributed by atoms with Crippen LogP contribution in [0.1, 0.15) is 41.4 Å². The Morgan fingerprint density at radius 3 is 2.46 bits per heavy atom. The summed E-state index contributed by atoms with van der Waals surface area (Å²) in [4.78, 5) is 28.9. The molecule has 3 aromatic heterocycles. The molecule has 0 saturated heterocycles. The molecule has 0 fully saturated rings. The molecule has 0 aromatic carbocycles. The van der Waals surface area contributed by atoms with Crippen molar-refractivity contribution in [3.05, 3.63) is 34.9 Å². The number of carbonyl (C=O) groups excluding carboxylic acids is 2. The number of hydrogen-bond donors (Lipinski definition) is 2. The molecule has 3 rings (SSSR count). The molecule has 0 spiro atoms. The van der Waals surface area contributed by atoms with Crippen molar-refractivity contribution in [1.82, 2.24) is 20.8 Å². The first kappa shape index (κ1) is 19.6. The highest BCUT2D eigenvalue weighted by Gasteiger charge is 2.20. The van der Waals surface area contributed by atoms with Crippen LogP contribution >= 0.6 is 0 Å². The number of hydrogen-bond acceptors (Lipinski definition) is 6. The van der Waals surface area contributed by atoms with Crippen molar-refractivity contribution in [3.8, 4) is 11.3 Å². The highest BCUT2D eigenvalue weighted by atomic mass is 16.5. The van der Waals surface area contributed by atoms with Crippen LogP contribution in [0, 0.1) is 26.7 Å². The zero-order valence-electron chi connectivity index (χ0n) is 16.7. The third kappa shape index (κ3) is 3.90. The highest BCUT2D eigenvalue weighted by molar-refractivity contribution is 6.07. The van der Waals surface area contributed by atoms with E-state index in [0.29, 0.717) is 46.9 Å². The molecule has 8 nitrogen and oxygen atoms in total. The van der Waals surface area contributed by atoms with Crippen molar-refractivity contribution in [2.75, 3.05) is 13.1 Å². The van der Waals surface area contributed by atoms with Crippen LogP contribution in [0.4, 0.5) is 0 Å². The lowest BCUT2D eigenvalue weighted by molar-refractivity contribution is -0.123. The summed E-state index contributed by atoms with van der Waals surface area (Å²) in [6.45, 7) is 9.76. The molecule has 0 unspecified atom stereocenters. The van der Waals surface area contributed by atoms with Gasteiger partial charge in [0.2, 0.25) is 5.91 Å². The molecule has 2 N–H and O–H groups in total. The van der Waals surface area contributed by atoms with E-state index in [9.17, 15) is 9.59 Å². The summed E-state index contributed by atoms with van der Waals surface area (Å²) in [5, 5.41) is 10.1. The van der Waals surface area contributed by atoms with Crippen molar-refractivity contribution in [3.63, 3.8) is 0 Å². The van der Waals surface area contributed by atoms with Crippen LogP contribution in [0.3, 0.4) is 0 Å². The molecule has 8 heteroatoms. The van der Waals surface area contributed by atoms with E-state index in [1.54, 1.807) is 13.0 Å². The smallest absolute Gasteiger partial charge is 0.259 e. The van der Waals surface area contributed by atoms with Crippen molar-refractivity contribution in [1.29, 1.82) is 0 Å². The molecule has 0 aliphatic heterocycles. The van der Waals surface area contributed by atoms with Gasteiger partial charge in [0, 0.05) is 24.6 Å². The summed E-state index contributed by atoms with van der Waals surface area (Å²) in [5.74, 6) is 1.04. The minimum atomic E-state index is -0.281. The molecule has 3 aromatic rings. The first-order chi connectivity index (χ1) is 13.3. The largest absolute Gasteiger partial charge is 0.466 e. The van der Waals surface area contributed by atoms with Gasteiger partial charge >= 0.3 is 0 Å². The maximum Gasteiger partial charge on any atom is 0.259 e. The quantitative estimate of drug-likeness (QED) is 0.632. The van der Waals surface area contributed by atoms with Crippen LogP contribution in [-0.4, -0.2) is 35.0 Å². The van der Waals surface area contributed by atoms with Crippen molar-refractivity contribution >= 4 is 22.9 Å². The summed E-state index contributed by atoms with van der Waals surface area (Å²) < 4.78 is 10.9. The molecular formula is C20H24N4O4. The molecule has 0 atom stereocenters. The van der Waals surface area contributed by atoms with Crippen LogP contribution in [0.25, 0.3) is 22.4 Å². The Hall–Kier alpha value is -3.16. The van der Waals surface area contributed by atoms with Crippen molar-refractivity contribution in [2.24, 2.45) is 5.92 Å². The first-order valence-corrected chi connectivity index (χ1v) is 9.18. The van der Waals surface area contributed by atoms with Gasteiger partial charge in [0.15, 0.2) is 0 Å². The summed E-state index contributed by atoms with van der Waals surface area (Å²) in [5.41, 5.74) is 2.69. The molecule has 0 aliphatic rings. The fourth-order valence-electron chi connectivity index (χ4n) is 2.96. The van der Waals surface area contributed by atoms with E-state index in [4.69, 9.17) is 8.94 Å². The molecule has 28 heavy (non-hydrogen) atoms. The number of pyridine rings is 1. The Bertz CT molecular complexity index is 1030. The van der Waals surface area contributed by atoms with Crippen LogP contribution in [0.15, 0.2) is 21.1 Å². The Kier molecular flexibility index (Phi) is 5.48. The van der Waals surface area contributed by atoms with Crippen LogP contribution < -0.4 is 10.6 Å². The standard InChI is InChI=1S/C20H24N4O4/c1-10(2)18(25)21-6-7-22-19(26)15-9-16(14-8-11(3)27-13(14)5)23-20-17(15)12(4)24-28-20/h8-10H,6-7H2,1-5H3,(H,21,25)(H,22,26). The van der Waals surface area contributed by atoms with E-state index >= 15 is 0 Å². The number of fused-ring (bicyclic) bond motifs is 1. The topological polar surface area (TPSA) is 110 Å².